The minimum Gasteiger partial charge on any atom is -0.368 e. The van der Waals surface area contributed by atoms with Gasteiger partial charge in [0, 0.05) is 18.3 Å². The van der Waals surface area contributed by atoms with Gasteiger partial charge in [-0.3, -0.25) is 0 Å². The monoisotopic (exact) mass is 439 g/mol. The lowest BCUT2D eigenvalue weighted by Crippen LogP contribution is -2.05. The first kappa shape index (κ1) is 26.3. The molecule has 0 saturated heterocycles. The molecule has 0 aliphatic rings. The maximum Gasteiger partial charge on any atom is 0.142 e. The number of nitrogens with two attached hydrogens (primary N) is 1. The van der Waals surface area contributed by atoms with Crippen molar-refractivity contribution in [2.75, 3.05) is 6.54 Å². The molecule has 0 saturated carbocycles. The van der Waals surface area contributed by atoms with Crippen LogP contribution in [0.2, 0.25) is 11.8 Å². The Hall–Kier alpha value is -2.70. The van der Waals surface area contributed by atoms with Gasteiger partial charge < -0.3 is 16.5 Å². The van der Waals surface area contributed by atoms with Gasteiger partial charge in [0.05, 0.1) is 16.4 Å². The van der Waals surface area contributed by atoms with Crippen LogP contribution in [0.15, 0.2) is 83.7 Å². The SMILES string of the molecule is C=CN/C=C\C(=C/C(CC)c1ccc(Cl)c(F)c1)C(/C=C\CCN)=N/C(C=N)=C/[B]C. The molecule has 4 nitrogen and oxygen atoms in total. The number of halogens is 2. The molecule has 0 heterocycles. The van der Waals surface area contributed by atoms with Crippen LogP contribution < -0.4 is 11.1 Å². The quantitative estimate of drug-likeness (QED) is 0.208. The summed E-state index contributed by atoms with van der Waals surface area (Å²) >= 11 is 5.85. The summed E-state index contributed by atoms with van der Waals surface area (Å²) in [4.78, 5) is 4.66. The molecule has 1 aromatic carbocycles. The molecule has 7 heteroatoms. The van der Waals surface area contributed by atoms with Crippen molar-refractivity contribution in [1.29, 1.82) is 5.41 Å². The molecule has 31 heavy (non-hydrogen) atoms. The number of hydrogen-bond acceptors (Lipinski definition) is 4. The van der Waals surface area contributed by atoms with Gasteiger partial charge in [-0.2, -0.15) is 0 Å². The van der Waals surface area contributed by atoms with E-state index < -0.39 is 5.82 Å². The maximum absolute atomic E-state index is 14.1. The standard InChI is InChI=1S/C24H30BClFN4/c1-4-18(19-9-10-22(26)23(27)15-19)14-20(11-13-30-5-2)24(8-6-7-12-28)31-21(17-29)16-25-3/h5-6,8-11,13-18,29-30H,2,4,7,12,28H2,1,3H3/b8-6-,13-11-,20-14+,21-16+,29-17?,31-24+. The number of hydrogen-bond donors (Lipinski definition) is 3. The molecular formula is C24H30BClFN4. The van der Waals surface area contributed by atoms with E-state index in [1.54, 1.807) is 24.4 Å². The van der Waals surface area contributed by atoms with Crippen LogP contribution in [0.3, 0.4) is 0 Å². The first-order chi connectivity index (χ1) is 15.0. The van der Waals surface area contributed by atoms with Gasteiger partial charge in [-0.1, -0.05) is 56.1 Å². The third kappa shape index (κ3) is 9.32. The molecule has 1 aromatic rings. The Labute approximate surface area is 190 Å². The molecule has 1 unspecified atom stereocenters. The molecule has 0 aliphatic carbocycles. The van der Waals surface area contributed by atoms with Crippen LogP contribution in [-0.4, -0.2) is 25.8 Å². The van der Waals surface area contributed by atoms with Crippen molar-refractivity contribution in [1.82, 2.24) is 5.32 Å². The van der Waals surface area contributed by atoms with E-state index in [2.05, 4.69) is 16.9 Å². The van der Waals surface area contributed by atoms with Crippen LogP contribution in [0, 0.1) is 11.2 Å². The zero-order valence-electron chi connectivity index (χ0n) is 18.1. The van der Waals surface area contributed by atoms with Crippen LogP contribution in [0.4, 0.5) is 4.39 Å². The van der Waals surface area contributed by atoms with Crippen molar-refractivity contribution in [2.45, 2.75) is 32.5 Å². The zero-order chi connectivity index (χ0) is 23.1. The summed E-state index contributed by atoms with van der Waals surface area (Å²) in [6.07, 6.45) is 13.7. The van der Waals surface area contributed by atoms with Gasteiger partial charge in [-0.25, -0.2) is 9.38 Å². The molecule has 0 spiro atoms. The summed E-state index contributed by atoms with van der Waals surface area (Å²) in [7, 11) is 1.83. The summed E-state index contributed by atoms with van der Waals surface area (Å²) in [6, 6.07) is 4.86. The normalized spacial score (nSPS) is 14.2. The predicted octanol–water partition coefficient (Wildman–Crippen LogP) is 5.74. The van der Waals surface area contributed by atoms with E-state index in [9.17, 15) is 4.39 Å². The van der Waals surface area contributed by atoms with Gasteiger partial charge in [0.15, 0.2) is 0 Å². The molecule has 0 aliphatic heterocycles. The predicted molar refractivity (Wildman–Crippen MR) is 134 cm³/mol. The minimum absolute atomic E-state index is 0.0617. The third-order valence-corrected chi connectivity index (χ3v) is 4.62. The number of benzene rings is 1. The van der Waals surface area contributed by atoms with Gasteiger partial charge in [0.25, 0.3) is 0 Å². The van der Waals surface area contributed by atoms with E-state index in [0.29, 0.717) is 24.4 Å². The largest absolute Gasteiger partial charge is 0.368 e. The summed E-state index contributed by atoms with van der Waals surface area (Å²) in [6.45, 7) is 8.08. The van der Waals surface area contributed by atoms with E-state index in [4.69, 9.17) is 22.7 Å². The van der Waals surface area contributed by atoms with E-state index in [-0.39, 0.29) is 10.9 Å². The highest BCUT2D eigenvalue weighted by Gasteiger charge is 2.12. The molecule has 0 fully saturated rings. The summed E-state index contributed by atoms with van der Waals surface area (Å²) < 4.78 is 14.1. The van der Waals surface area contributed by atoms with Crippen molar-refractivity contribution in [3.05, 3.63) is 95.1 Å². The summed E-state index contributed by atoms with van der Waals surface area (Å²) in [5.41, 5.74) is 8.44. The highest BCUT2D eigenvalue weighted by molar-refractivity contribution is 6.41. The lowest BCUT2D eigenvalue weighted by atomic mass is 9.82. The van der Waals surface area contributed by atoms with Crippen LogP contribution in [0.25, 0.3) is 0 Å². The van der Waals surface area contributed by atoms with Crippen LogP contribution >= 0.6 is 11.6 Å². The van der Waals surface area contributed by atoms with Gasteiger partial charge in [0.1, 0.15) is 13.1 Å². The van der Waals surface area contributed by atoms with Gasteiger partial charge in [-0.15, -0.1) is 0 Å². The fraction of sp³-hybridized carbons (Fsp3) is 0.250. The molecule has 0 amide bonds. The van der Waals surface area contributed by atoms with E-state index in [0.717, 1.165) is 17.6 Å². The smallest absolute Gasteiger partial charge is 0.142 e. The second-order valence-corrected chi connectivity index (χ2v) is 6.97. The number of aliphatic imine (C=N–C) groups is 1. The van der Waals surface area contributed by atoms with Crippen molar-refractivity contribution in [3.63, 3.8) is 0 Å². The molecule has 1 atom stereocenters. The fourth-order valence-corrected chi connectivity index (χ4v) is 2.88. The number of allylic oxidation sites excluding steroid dienone is 5. The maximum atomic E-state index is 14.1. The first-order valence-corrected chi connectivity index (χ1v) is 10.5. The highest BCUT2D eigenvalue weighted by atomic mass is 35.5. The Kier molecular flexibility index (Phi) is 12.9. The second kappa shape index (κ2) is 15.2. The zero-order valence-corrected chi connectivity index (χ0v) is 18.9. The van der Waals surface area contributed by atoms with Crippen molar-refractivity contribution in [2.24, 2.45) is 10.7 Å². The lowest BCUT2D eigenvalue weighted by molar-refractivity contribution is 0.623. The number of nitrogens with one attached hydrogen (secondary N) is 2. The molecular weight excluding hydrogens is 410 g/mol. The van der Waals surface area contributed by atoms with Gasteiger partial charge in [-0.05, 0) is 61.0 Å². The molecule has 1 radical (unpaired) electrons. The highest BCUT2D eigenvalue weighted by Crippen LogP contribution is 2.27. The molecule has 163 valence electrons. The lowest BCUT2D eigenvalue weighted by Gasteiger charge is -2.14. The van der Waals surface area contributed by atoms with Crippen LogP contribution in [-0.2, 0) is 0 Å². The third-order valence-electron chi connectivity index (χ3n) is 4.31. The molecule has 0 bridgehead atoms. The first-order valence-electron chi connectivity index (χ1n) is 10.2. The average molecular weight is 440 g/mol. The van der Waals surface area contributed by atoms with E-state index >= 15 is 0 Å². The Morgan fingerprint density at radius 2 is 2.19 bits per heavy atom. The Morgan fingerprint density at radius 1 is 1.42 bits per heavy atom. The molecule has 1 rings (SSSR count). The van der Waals surface area contributed by atoms with Crippen molar-refractivity contribution >= 4 is 30.8 Å². The number of nitrogens with zero attached hydrogens (tertiary/aromatic N) is 1. The molecule has 0 aromatic heterocycles. The Bertz CT molecular complexity index is 888. The van der Waals surface area contributed by atoms with E-state index in [1.165, 1.54) is 12.3 Å². The van der Waals surface area contributed by atoms with Crippen molar-refractivity contribution in [3.8, 4) is 0 Å². The Morgan fingerprint density at radius 3 is 2.77 bits per heavy atom. The minimum atomic E-state index is -0.444. The van der Waals surface area contributed by atoms with Gasteiger partial charge >= 0.3 is 0 Å². The van der Waals surface area contributed by atoms with Crippen LogP contribution in [0.1, 0.15) is 31.2 Å². The molecule has 4 N–H and O–H groups in total. The summed E-state index contributed by atoms with van der Waals surface area (Å²) in [5.74, 6) is 1.26. The van der Waals surface area contributed by atoms with Crippen LogP contribution in [0.5, 0.6) is 0 Å². The van der Waals surface area contributed by atoms with Gasteiger partial charge in [0.2, 0.25) is 0 Å². The van der Waals surface area contributed by atoms with E-state index in [1.807, 2.05) is 51.4 Å². The Balaban J connectivity index is 3.58. The second-order valence-electron chi connectivity index (χ2n) is 6.56. The fourth-order valence-electron chi connectivity index (χ4n) is 2.76. The average Bonchev–Trinajstić information content (AvgIpc) is 2.77. The van der Waals surface area contributed by atoms with Crippen molar-refractivity contribution < 1.29 is 4.39 Å². The topological polar surface area (TPSA) is 74.3 Å². The number of rotatable bonds is 13. The summed E-state index contributed by atoms with van der Waals surface area (Å²) in [5, 5.41) is 10.7.